The van der Waals surface area contributed by atoms with E-state index in [1.165, 1.54) is 0 Å². The van der Waals surface area contributed by atoms with Crippen LogP contribution in [0.1, 0.15) is 19.4 Å². The zero-order valence-electron chi connectivity index (χ0n) is 16.1. The van der Waals surface area contributed by atoms with Gasteiger partial charge in [0.25, 0.3) is 0 Å². The van der Waals surface area contributed by atoms with Gasteiger partial charge in [0.15, 0.2) is 15.8 Å². The molecule has 9 heteroatoms. The summed E-state index contributed by atoms with van der Waals surface area (Å²) < 4.78 is 33.9. The summed E-state index contributed by atoms with van der Waals surface area (Å²) in [6.07, 6.45) is 0. The van der Waals surface area contributed by atoms with Crippen LogP contribution in [0.25, 0.3) is 0 Å². The summed E-state index contributed by atoms with van der Waals surface area (Å²) in [5.41, 5.74) is 0.984. The number of halogens is 1. The molecule has 0 aliphatic rings. The van der Waals surface area contributed by atoms with Gasteiger partial charge in [-0.1, -0.05) is 6.92 Å². The van der Waals surface area contributed by atoms with Gasteiger partial charge in [-0.05, 0) is 19.1 Å². The summed E-state index contributed by atoms with van der Waals surface area (Å²) in [6, 6.07) is 5.66. The molecule has 1 N–H and O–H groups in total. The molecule has 0 unspecified atom stereocenters. The number of nitrogens with one attached hydrogen (secondary N) is 1. The maximum Gasteiger partial charge on any atom is 0.193 e. The van der Waals surface area contributed by atoms with E-state index < -0.39 is 9.84 Å². The maximum absolute atomic E-state index is 11.6. The van der Waals surface area contributed by atoms with Crippen molar-refractivity contribution in [3.8, 4) is 11.5 Å². The summed E-state index contributed by atoms with van der Waals surface area (Å²) >= 11 is 0. The minimum atomic E-state index is -3.02. The predicted molar refractivity (Wildman–Crippen MR) is 117 cm³/mol. The monoisotopic (exact) mass is 499 g/mol. The van der Waals surface area contributed by atoms with Crippen LogP contribution < -0.4 is 14.8 Å². The van der Waals surface area contributed by atoms with Crippen LogP contribution in [0.2, 0.25) is 0 Å². The average molecular weight is 499 g/mol. The van der Waals surface area contributed by atoms with E-state index >= 15 is 0 Å². The molecule has 26 heavy (non-hydrogen) atoms. The zero-order valence-corrected chi connectivity index (χ0v) is 19.3. The molecule has 0 fully saturated rings. The lowest BCUT2D eigenvalue weighted by atomic mass is 10.2. The molecular weight excluding hydrogens is 469 g/mol. The third-order valence-electron chi connectivity index (χ3n) is 3.70. The van der Waals surface area contributed by atoms with Crippen molar-refractivity contribution >= 4 is 39.8 Å². The largest absolute Gasteiger partial charge is 0.497 e. The summed E-state index contributed by atoms with van der Waals surface area (Å²) in [4.78, 5) is 6.36. The number of hydrogen-bond acceptors (Lipinski definition) is 5. The van der Waals surface area contributed by atoms with Crippen LogP contribution in [0, 0.1) is 0 Å². The first-order chi connectivity index (χ1) is 11.9. The fourth-order valence-electron chi connectivity index (χ4n) is 2.22. The zero-order chi connectivity index (χ0) is 18.9. The van der Waals surface area contributed by atoms with Gasteiger partial charge in [0, 0.05) is 37.5 Å². The van der Waals surface area contributed by atoms with Crippen LogP contribution in [0.5, 0.6) is 11.5 Å². The highest BCUT2D eigenvalue weighted by Crippen LogP contribution is 2.25. The average Bonchev–Trinajstić information content (AvgIpc) is 2.61. The molecule has 1 aromatic rings. The number of aliphatic imine (C=N–C) groups is 1. The lowest BCUT2D eigenvalue weighted by Crippen LogP contribution is -2.38. The molecule has 0 saturated heterocycles. The van der Waals surface area contributed by atoms with E-state index in [1.54, 1.807) is 21.1 Å². The highest BCUT2D eigenvalue weighted by atomic mass is 127. The Hall–Kier alpha value is -1.23. The van der Waals surface area contributed by atoms with Crippen molar-refractivity contribution in [1.82, 2.24) is 10.2 Å². The molecular formula is C17H30IN3O4S. The van der Waals surface area contributed by atoms with Gasteiger partial charge in [-0.15, -0.1) is 24.0 Å². The third-order valence-corrected chi connectivity index (χ3v) is 5.39. The van der Waals surface area contributed by atoms with Crippen molar-refractivity contribution in [3.63, 3.8) is 0 Å². The van der Waals surface area contributed by atoms with E-state index in [0.29, 0.717) is 19.0 Å². The number of ether oxygens (including phenoxy) is 2. The molecule has 1 aromatic carbocycles. The Balaban J connectivity index is 0.00000625. The van der Waals surface area contributed by atoms with E-state index in [4.69, 9.17) is 9.47 Å². The van der Waals surface area contributed by atoms with Gasteiger partial charge in [0.1, 0.15) is 11.5 Å². The molecule has 0 aliphatic carbocycles. The highest BCUT2D eigenvalue weighted by molar-refractivity contribution is 14.0. The van der Waals surface area contributed by atoms with Crippen LogP contribution in [0.3, 0.4) is 0 Å². The number of guanidine groups is 1. The Kier molecular flexibility index (Phi) is 11.6. The van der Waals surface area contributed by atoms with Gasteiger partial charge < -0.3 is 19.7 Å². The van der Waals surface area contributed by atoms with Gasteiger partial charge in [-0.3, -0.25) is 4.99 Å². The first-order valence-corrected chi connectivity index (χ1v) is 10.1. The summed E-state index contributed by atoms with van der Waals surface area (Å²) in [7, 11) is 2.11. The van der Waals surface area contributed by atoms with Crippen molar-refractivity contribution in [2.45, 2.75) is 20.4 Å². The van der Waals surface area contributed by atoms with Gasteiger partial charge >= 0.3 is 0 Å². The van der Waals surface area contributed by atoms with Crippen LogP contribution in [0.4, 0.5) is 0 Å². The highest BCUT2D eigenvalue weighted by Gasteiger charge is 2.12. The molecule has 150 valence electrons. The topological polar surface area (TPSA) is 80.2 Å². The Labute approximate surface area is 174 Å². The van der Waals surface area contributed by atoms with E-state index in [9.17, 15) is 8.42 Å². The molecule has 0 spiro atoms. The SMILES string of the molecule is CCNC(=NCCS(=O)(=O)CC)N(C)Cc1ccc(OC)cc1OC.I. The lowest BCUT2D eigenvalue weighted by molar-refractivity contribution is 0.382. The second kappa shape index (κ2) is 12.2. The smallest absolute Gasteiger partial charge is 0.193 e. The standard InChI is InChI=1S/C17H29N3O4S.HI/c1-6-18-17(19-10-11-25(21,22)7-2)20(3)13-14-8-9-15(23-4)12-16(14)24-5;/h8-9,12H,6-7,10-11,13H2,1-5H3,(H,18,19);1H. The predicted octanol–water partition coefficient (Wildman–Crippen LogP) is 2.15. The van der Waals surface area contributed by atoms with Crippen molar-refractivity contribution in [2.24, 2.45) is 4.99 Å². The number of rotatable bonds is 9. The first kappa shape index (κ1) is 24.8. The van der Waals surface area contributed by atoms with Gasteiger partial charge in [-0.2, -0.15) is 0 Å². The molecule has 0 aliphatic heterocycles. The first-order valence-electron chi connectivity index (χ1n) is 8.27. The third kappa shape index (κ3) is 7.98. The van der Waals surface area contributed by atoms with E-state index in [0.717, 1.165) is 17.1 Å². The summed E-state index contributed by atoms with van der Waals surface area (Å²) in [5, 5.41) is 3.18. The Bertz CT molecular complexity index is 681. The maximum atomic E-state index is 11.6. The van der Waals surface area contributed by atoms with Crippen LogP contribution in [0.15, 0.2) is 23.2 Å². The number of methoxy groups -OCH3 is 2. The number of hydrogen-bond donors (Lipinski definition) is 1. The fourth-order valence-corrected chi connectivity index (χ4v) is 2.88. The lowest BCUT2D eigenvalue weighted by Gasteiger charge is -2.23. The van der Waals surface area contributed by atoms with Crippen LogP contribution in [-0.2, 0) is 16.4 Å². The Morgan fingerprint density at radius 2 is 1.92 bits per heavy atom. The van der Waals surface area contributed by atoms with Crippen LogP contribution in [-0.4, -0.2) is 65.1 Å². The Morgan fingerprint density at radius 1 is 1.23 bits per heavy atom. The van der Waals surface area contributed by atoms with E-state index in [-0.39, 0.29) is 42.0 Å². The fraction of sp³-hybridized carbons (Fsp3) is 0.588. The van der Waals surface area contributed by atoms with Crippen LogP contribution >= 0.6 is 24.0 Å². The van der Waals surface area contributed by atoms with E-state index in [1.807, 2.05) is 37.1 Å². The van der Waals surface area contributed by atoms with Gasteiger partial charge in [0.05, 0.1) is 26.5 Å². The molecule has 0 atom stereocenters. The molecule has 1 rings (SSSR count). The second-order valence-corrected chi connectivity index (χ2v) is 7.98. The van der Waals surface area contributed by atoms with Crippen molar-refractivity contribution in [3.05, 3.63) is 23.8 Å². The number of benzene rings is 1. The minimum Gasteiger partial charge on any atom is -0.497 e. The quantitative estimate of drug-likeness (QED) is 0.319. The number of sulfone groups is 1. The van der Waals surface area contributed by atoms with Crippen molar-refractivity contribution < 1.29 is 17.9 Å². The minimum absolute atomic E-state index is 0. The van der Waals surface area contributed by atoms with E-state index in [2.05, 4.69) is 10.3 Å². The molecule has 0 radical (unpaired) electrons. The van der Waals surface area contributed by atoms with Crippen molar-refractivity contribution in [1.29, 1.82) is 0 Å². The van der Waals surface area contributed by atoms with Crippen molar-refractivity contribution in [2.75, 3.05) is 45.9 Å². The molecule has 0 bridgehead atoms. The van der Waals surface area contributed by atoms with Gasteiger partial charge in [0.2, 0.25) is 0 Å². The Morgan fingerprint density at radius 3 is 2.46 bits per heavy atom. The second-order valence-electron chi connectivity index (χ2n) is 5.51. The molecule has 0 saturated carbocycles. The van der Waals surface area contributed by atoms with Gasteiger partial charge in [-0.25, -0.2) is 8.42 Å². The summed E-state index contributed by atoms with van der Waals surface area (Å²) in [6.45, 7) is 5.12. The normalized spacial score (nSPS) is 11.5. The summed E-state index contributed by atoms with van der Waals surface area (Å²) in [5.74, 6) is 2.31. The molecule has 0 aromatic heterocycles. The molecule has 7 nitrogen and oxygen atoms in total. The number of nitrogens with zero attached hydrogens (tertiary/aromatic N) is 2. The molecule has 0 heterocycles. The molecule has 0 amide bonds.